The van der Waals surface area contributed by atoms with Crippen LogP contribution in [0.2, 0.25) is 0 Å². The Morgan fingerprint density at radius 2 is 2.08 bits per heavy atom. The van der Waals surface area contributed by atoms with Crippen molar-refractivity contribution in [2.24, 2.45) is 0 Å². The van der Waals surface area contributed by atoms with E-state index in [0.29, 0.717) is 24.4 Å². The molecule has 6 nitrogen and oxygen atoms in total. The number of amides is 3. The Kier molecular flexibility index (Phi) is 4.43. The SMILES string of the molecule is CSc1ccc([C@@H]2NC(=O)NC3=C2C(=O)N(C[C@@H]2CCCO2)C3)cc1. The van der Waals surface area contributed by atoms with Gasteiger partial charge >= 0.3 is 6.03 Å². The Bertz CT molecular complexity index is 726. The van der Waals surface area contributed by atoms with Gasteiger partial charge in [0.15, 0.2) is 0 Å². The van der Waals surface area contributed by atoms with Gasteiger partial charge in [-0.2, -0.15) is 0 Å². The summed E-state index contributed by atoms with van der Waals surface area (Å²) in [5.41, 5.74) is 2.28. The van der Waals surface area contributed by atoms with Crippen LogP contribution in [-0.2, 0) is 9.53 Å². The standard InChI is InChI=1S/C18H21N3O3S/c1-25-13-6-4-11(5-7-13)16-15-14(19-18(23)20-16)10-21(17(15)22)9-12-3-2-8-24-12/h4-7,12,16H,2-3,8-10H2,1H3,(H2,19,20,23)/t12-,16-/m0/s1. The second-order valence-corrected chi connectivity index (χ2v) is 7.40. The summed E-state index contributed by atoms with van der Waals surface area (Å²) in [6, 6.07) is 7.31. The molecule has 3 aliphatic rings. The van der Waals surface area contributed by atoms with E-state index in [2.05, 4.69) is 10.6 Å². The number of urea groups is 1. The first-order chi connectivity index (χ1) is 12.2. The van der Waals surface area contributed by atoms with Gasteiger partial charge in [0.25, 0.3) is 5.91 Å². The number of thioether (sulfide) groups is 1. The van der Waals surface area contributed by atoms with Crippen LogP contribution >= 0.6 is 11.8 Å². The molecule has 0 aliphatic carbocycles. The molecule has 2 atom stereocenters. The molecule has 132 valence electrons. The molecule has 0 bridgehead atoms. The number of ether oxygens (including phenoxy) is 1. The van der Waals surface area contributed by atoms with E-state index in [1.807, 2.05) is 30.5 Å². The first-order valence-corrected chi connectivity index (χ1v) is 9.73. The molecular formula is C18H21N3O3S. The average molecular weight is 359 g/mol. The van der Waals surface area contributed by atoms with Gasteiger partial charge < -0.3 is 20.3 Å². The Morgan fingerprint density at radius 1 is 1.28 bits per heavy atom. The molecule has 0 spiro atoms. The molecule has 0 saturated carbocycles. The minimum atomic E-state index is -0.401. The highest BCUT2D eigenvalue weighted by atomic mass is 32.2. The van der Waals surface area contributed by atoms with Crippen LogP contribution in [0.4, 0.5) is 4.79 Å². The molecule has 1 fully saturated rings. The lowest BCUT2D eigenvalue weighted by Gasteiger charge is -2.25. The molecule has 0 unspecified atom stereocenters. The quantitative estimate of drug-likeness (QED) is 0.807. The van der Waals surface area contributed by atoms with Gasteiger partial charge in [-0.05, 0) is 36.8 Å². The lowest BCUT2D eigenvalue weighted by atomic mass is 9.96. The van der Waals surface area contributed by atoms with Crippen LogP contribution in [0.3, 0.4) is 0 Å². The molecule has 0 radical (unpaired) electrons. The third kappa shape index (κ3) is 3.14. The minimum Gasteiger partial charge on any atom is -0.376 e. The monoisotopic (exact) mass is 359 g/mol. The molecule has 1 aromatic rings. The van der Waals surface area contributed by atoms with Crippen LogP contribution in [0.5, 0.6) is 0 Å². The van der Waals surface area contributed by atoms with Crippen molar-refractivity contribution in [1.82, 2.24) is 15.5 Å². The van der Waals surface area contributed by atoms with Crippen molar-refractivity contribution < 1.29 is 14.3 Å². The van der Waals surface area contributed by atoms with Gasteiger partial charge in [-0.1, -0.05) is 12.1 Å². The molecular weight excluding hydrogens is 338 g/mol. The Labute approximate surface area is 151 Å². The highest BCUT2D eigenvalue weighted by Gasteiger charge is 2.41. The summed E-state index contributed by atoms with van der Waals surface area (Å²) < 4.78 is 5.66. The van der Waals surface area contributed by atoms with Gasteiger partial charge in [-0.3, -0.25) is 4.79 Å². The lowest BCUT2D eigenvalue weighted by molar-refractivity contribution is -0.127. The molecule has 3 amide bonds. The average Bonchev–Trinajstić information content (AvgIpc) is 3.23. The Balaban J connectivity index is 1.58. The van der Waals surface area contributed by atoms with Crippen molar-refractivity contribution in [2.75, 3.05) is 26.0 Å². The van der Waals surface area contributed by atoms with Gasteiger partial charge in [-0.25, -0.2) is 4.79 Å². The van der Waals surface area contributed by atoms with Crippen molar-refractivity contribution >= 4 is 23.7 Å². The topological polar surface area (TPSA) is 70.7 Å². The maximum Gasteiger partial charge on any atom is 0.319 e. The maximum absolute atomic E-state index is 13.0. The van der Waals surface area contributed by atoms with Crippen molar-refractivity contribution in [1.29, 1.82) is 0 Å². The van der Waals surface area contributed by atoms with E-state index in [9.17, 15) is 9.59 Å². The van der Waals surface area contributed by atoms with E-state index in [1.54, 1.807) is 16.7 Å². The number of benzene rings is 1. The van der Waals surface area contributed by atoms with E-state index >= 15 is 0 Å². The van der Waals surface area contributed by atoms with Crippen LogP contribution in [0.15, 0.2) is 40.4 Å². The zero-order chi connectivity index (χ0) is 17.4. The summed E-state index contributed by atoms with van der Waals surface area (Å²) in [5.74, 6) is -0.0167. The van der Waals surface area contributed by atoms with Gasteiger partial charge in [0, 0.05) is 18.0 Å². The summed E-state index contributed by atoms with van der Waals surface area (Å²) in [7, 11) is 0. The Morgan fingerprint density at radius 3 is 2.76 bits per heavy atom. The molecule has 1 saturated heterocycles. The molecule has 4 rings (SSSR count). The number of nitrogens with one attached hydrogen (secondary N) is 2. The lowest BCUT2D eigenvalue weighted by Crippen LogP contribution is -2.44. The smallest absolute Gasteiger partial charge is 0.319 e. The predicted molar refractivity (Wildman–Crippen MR) is 95.2 cm³/mol. The second kappa shape index (κ2) is 6.72. The van der Waals surface area contributed by atoms with Crippen LogP contribution in [-0.4, -0.2) is 48.9 Å². The largest absolute Gasteiger partial charge is 0.376 e. The minimum absolute atomic E-state index is 0.0167. The van der Waals surface area contributed by atoms with Gasteiger partial charge in [-0.15, -0.1) is 11.8 Å². The Hall–Kier alpha value is -1.99. The number of nitrogens with zero attached hydrogens (tertiary/aromatic N) is 1. The molecule has 2 N–H and O–H groups in total. The zero-order valence-corrected chi connectivity index (χ0v) is 14.9. The van der Waals surface area contributed by atoms with Crippen LogP contribution in [0, 0.1) is 0 Å². The molecule has 25 heavy (non-hydrogen) atoms. The highest BCUT2D eigenvalue weighted by Crippen LogP contribution is 2.33. The fourth-order valence-electron chi connectivity index (χ4n) is 3.66. The summed E-state index contributed by atoms with van der Waals surface area (Å²) in [4.78, 5) is 28.0. The second-order valence-electron chi connectivity index (χ2n) is 6.52. The predicted octanol–water partition coefficient (Wildman–Crippen LogP) is 2.04. The maximum atomic E-state index is 13.0. The number of carbonyl (C=O) groups excluding carboxylic acids is 2. The first-order valence-electron chi connectivity index (χ1n) is 8.51. The molecule has 3 aliphatic heterocycles. The molecule has 7 heteroatoms. The zero-order valence-electron chi connectivity index (χ0n) is 14.1. The number of hydrogen-bond donors (Lipinski definition) is 2. The van der Waals surface area contributed by atoms with Crippen LogP contribution in [0.25, 0.3) is 0 Å². The fraction of sp³-hybridized carbons (Fsp3) is 0.444. The van der Waals surface area contributed by atoms with E-state index < -0.39 is 6.04 Å². The third-order valence-corrected chi connectivity index (χ3v) is 5.66. The number of hydrogen-bond acceptors (Lipinski definition) is 4. The van der Waals surface area contributed by atoms with Gasteiger partial charge in [0.2, 0.25) is 0 Å². The van der Waals surface area contributed by atoms with Gasteiger partial charge in [0.05, 0.1) is 30.0 Å². The van der Waals surface area contributed by atoms with E-state index in [1.165, 1.54) is 0 Å². The van der Waals surface area contributed by atoms with Crippen molar-refractivity contribution in [3.8, 4) is 0 Å². The van der Waals surface area contributed by atoms with Crippen LogP contribution in [0.1, 0.15) is 24.4 Å². The third-order valence-electron chi connectivity index (χ3n) is 4.92. The summed E-state index contributed by atoms with van der Waals surface area (Å²) in [5, 5.41) is 5.70. The summed E-state index contributed by atoms with van der Waals surface area (Å²) in [6.45, 7) is 1.79. The van der Waals surface area contributed by atoms with E-state index in [0.717, 1.165) is 29.9 Å². The number of carbonyl (C=O) groups is 2. The normalized spacial score (nSPS) is 25.9. The van der Waals surface area contributed by atoms with Gasteiger partial charge in [0.1, 0.15) is 0 Å². The first kappa shape index (κ1) is 16.5. The van der Waals surface area contributed by atoms with E-state index in [-0.39, 0.29) is 18.0 Å². The highest BCUT2D eigenvalue weighted by molar-refractivity contribution is 7.98. The van der Waals surface area contributed by atoms with Crippen molar-refractivity contribution in [2.45, 2.75) is 29.9 Å². The summed E-state index contributed by atoms with van der Waals surface area (Å²) in [6.07, 6.45) is 4.15. The molecule has 1 aromatic carbocycles. The number of rotatable bonds is 4. The van der Waals surface area contributed by atoms with Crippen LogP contribution < -0.4 is 10.6 Å². The molecule has 0 aromatic heterocycles. The van der Waals surface area contributed by atoms with Crippen molar-refractivity contribution in [3.05, 3.63) is 41.1 Å². The molecule has 3 heterocycles. The van der Waals surface area contributed by atoms with Crippen molar-refractivity contribution in [3.63, 3.8) is 0 Å². The van der Waals surface area contributed by atoms with E-state index in [4.69, 9.17) is 4.74 Å². The summed E-state index contributed by atoms with van der Waals surface area (Å²) >= 11 is 1.66. The fourth-order valence-corrected chi connectivity index (χ4v) is 4.06.